The first kappa shape index (κ1) is 13.5. The number of hydrogen-bond acceptors (Lipinski definition) is 2. The minimum Gasteiger partial charge on any atom is -0.392 e. The Bertz CT molecular complexity index is 555. The quantitative estimate of drug-likeness (QED) is 0.882. The maximum absolute atomic E-state index is 13.6. The van der Waals surface area contributed by atoms with Crippen LogP contribution in [-0.2, 0) is 6.61 Å². The van der Waals surface area contributed by atoms with Gasteiger partial charge in [-0.25, -0.2) is 8.78 Å². The maximum atomic E-state index is 13.6. The van der Waals surface area contributed by atoms with E-state index < -0.39 is 11.6 Å². The molecule has 2 aromatic carbocycles. The Hall–Kier alpha value is -1.94. The molecule has 0 spiro atoms. The zero-order valence-corrected chi connectivity index (χ0v) is 10.5. The van der Waals surface area contributed by atoms with E-state index in [9.17, 15) is 8.78 Å². The summed E-state index contributed by atoms with van der Waals surface area (Å²) in [6.07, 6.45) is 0. The molecule has 2 aromatic rings. The van der Waals surface area contributed by atoms with Crippen molar-refractivity contribution in [2.24, 2.45) is 0 Å². The molecule has 0 aliphatic heterocycles. The van der Waals surface area contributed by atoms with Crippen molar-refractivity contribution in [3.05, 3.63) is 65.2 Å². The highest BCUT2D eigenvalue weighted by Crippen LogP contribution is 2.22. The lowest BCUT2D eigenvalue weighted by atomic mass is 10.1. The molecule has 0 radical (unpaired) electrons. The average molecular weight is 263 g/mol. The normalized spacial score (nSPS) is 12.2. The summed E-state index contributed by atoms with van der Waals surface area (Å²) in [5.41, 5.74) is 1.87. The molecule has 0 aromatic heterocycles. The molecule has 100 valence electrons. The molecule has 2 rings (SSSR count). The third-order valence-corrected chi connectivity index (χ3v) is 2.94. The van der Waals surface area contributed by atoms with Crippen LogP contribution in [0.5, 0.6) is 0 Å². The van der Waals surface area contributed by atoms with Crippen molar-refractivity contribution in [1.82, 2.24) is 0 Å². The molecular formula is C15H15F2NO. The van der Waals surface area contributed by atoms with E-state index in [0.717, 1.165) is 23.4 Å². The van der Waals surface area contributed by atoms with Crippen molar-refractivity contribution in [1.29, 1.82) is 0 Å². The minimum absolute atomic E-state index is 0.0195. The summed E-state index contributed by atoms with van der Waals surface area (Å²) < 4.78 is 26.7. The van der Waals surface area contributed by atoms with Crippen LogP contribution in [0.4, 0.5) is 14.5 Å². The molecule has 0 saturated carbocycles. The number of benzene rings is 2. The first-order valence-electron chi connectivity index (χ1n) is 6.01. The second-order valence-corrected chi connectivity index (χ2v) is 4.39. The summed E-state index contributed by atoms with van der Waals surface area (Å²) in [5.74, 6) is -0.894. The van der Waals surface area contributed by atoms with Gasteiger partial charge in [-0.1, -0.05) is 12.1 Å². The number of anilines is 1. The summed E-state index contributed by atoms with van der Waals surface area (Å²) in [7, 11) is 0. The van der Waals surface area contributed by atoms with Crippen molar-refractivity contribution in [3.63, 3.8) is 0 Å². The Kier molecular flexibility index (Phi) is 4.12. The lowest BCUT2D eigenvalue weighted by Gasteiger charge is -2.16. The zero-order chi connectivity index (χ0) is 13.8. The number of rotatable bonds is 4. The van der Waals surface area contributed by atoms with Crippen LogP contribution < -0.4 is 5.32 Å². The summed E-state index contributed by atoms with van der Waals surface area (Å²) in [5, 5.41) is 12.0. The van der Waals surface area contributed by atoms with E-state index in [4.69, 9.17) is 5.11 Å². The van der Waals surface area contributed by atoms with E-state index >= 15 is 0 Å². The van der Waals surface area contributed by atoms with Gasteiger partial charge in [-0.15, -0.1) is 0 Å². The standard InChI is InChI=1S/C15H15F2NO/c1-10(14-8-12(16)4-7-15(14)17)18-13-5-2-11(9-19)3-6-13/h2-8,10,18-19H,9H2,1H3. The largest absolute Gasteiger partial charge is 0.392 e. The van der Waals surface area contributed by atoms with Crippen molar-refractivity contribution >= 4 is 5.69 Å². The van der Waals surface area contributed by atoms with E-state index in [1.54, 1.807) is 31.2 Å². The van der Waals surface area contributed by atoms with Gasteiger partial charge in [0.25, 0.3) is 0 Å². The Balaban J connectivity index is 2.15. The topological polar surface area (TPSA) is 32.3 Å². The molecule has 0 aliphatic rings. The number of nitrogens with one attached hydrogen (secondary N) is 1. The molecule has 0 saturated heterocycles. The predicted octanol–water partition coefficient (Wildman–Crippen LogP) is 3.63. The summed E-state index contributed by atoms with van der Waals surface area (Å²) >= 11 is 0. The fourth-order valence-corrected chi connectivity index (χ4v) is 1.88. The van der Waals surface area contributed by atoms with Crippen LogP contribution in [0.15, 0.2) is 42.5 Å². The molecule has 0 bridgehead atoms. The van der Waals surface area contributed by atoms with E-state index in [0.29, 0.717) is 0 Å². The van der Waals surface area contributed by atoms with Crippen LogP contribution in [0.3, 0.4) is 0 Å². The van der Waals surface area contributed by atoms with Gasteiger partial charge in [0.1, 0.15) is 11.6 Å². The third kappa shape index (κ3) is 3.29. The van der Waals surface area contributed by atoms with Crippen LogP contribution in [0.1, 0.15) is 24.1 Å². The third-order valence-electron chi connectivity index (χ3n) is 2.94. The van der Waals surface area contributed by atoms with E-state index in [-0.39, 0.29) is 18.2 Å². The molecule has 1 unspecified atom stereocenters. The van der Waals surface area contributed by atoms with Crippen molar-refractivity contribution in [3.8, 4) is 0 Å². The molecule has 0 heterocycles. The Morgan fingerprint density at radius 1 is 1.11 bits per heavy atom. The van der Waals surface area contributed by atoms with Gasteiger partial charge in [-0.3, -0.25) is 0 Å². The van der Waals surface area contributed by atoms with Gasteiger partial charge in [0.05, 0.1) is 12.6 Å². The zero-order valence-electron chi connectivity index (χ0n) is 10.5. The Labute approximate surface area is 110 Å². The van der Waals surface area contributed by atoms with Crippen molar-refractivity contribution in [2.45, 2.75) is 19.6 Å². The van der Waals surface area contributed by atoms with Gasteiger partial charge in [0.2, 0.25) is 0 Å². The number of aliphatic hydroxyl groups excluding tert-OH is 1. The molecule has 4 heteroatoms. The van der Waals surface area contributed by atoms with Crippen molar-refractivity contribution in [2.75, 3.05) is 5.32 Å². The smallest absolute Gasteiger partial charge is 0.128 e. The van der Waals surface area contributed by atoms with Gasteiger partial charge < -0.3 is 10.4 Å². The molecular weight excluding hydrogens is 248 g/mol. The van der Waals surface area contributed by atoms with Crippen LogP contribution in [0.2, 0.25) is 0 Å². The fraction of sp³-hybridized carbons (Fsp3) is 0.200. The lowest BCUT2D eigenvalue weighted by molar-refractivity contribution is 0.282. The Morgan fingerprint density at radius 2 is 1.79 bits per heavy atom. The fourth-order valence-electron chi connectivity index (χ4n) is 1.88. The molecule has 19 heavy (non-hydrogen) atoms. The van der Waals surface area contributed by atoms with Crippen LogP contribution in [0.25, 0.3) is 0 Å². The first-order valence-corrected chi connectivity index (χ1v) is 6.01. The predicted molar refractivity (Wildman–Crippen MR) is 70.8 cm³/mol. The highest BCUT2D eigenvalue weighted by Gasteiger charge is 2.11. The van der Waals surface area contributed by atoms with Crippen molar-refractivity contribution < 1.29 is 13.9 Å². The highest BCUT2D eigenvalue weighted by atomic mass is 19.1. The average Bonchev–Trinajstić information content (AvgIpc) is 2.42. The van der Waals surface area contributed by atoms with E-state index in [1.165, 1.54) is 6.07 Å². The second kappa shape index (κ2) is 5.80. The highest BCUT2D eigenvalue weighted by molar-refractivity contribution is 5.46. The molecule has 0 aliphatic carbocycles. The summed E-state index contributed by atoms with van der Waals surface area (Å²) in [6.45, 7) is 1.74. The molecule has 1 atom stereocenters. The SMILES string of the molecule is CC(Nc1ccc(CO)cc1)c1cc(F)ccc1F. The van der Waals surface area contributed by atoms with Gasteiger partial charge in [-0.2, -0.15) is 0 Å². The number of halogens is 2. The molecule has 2 nitrogen and oxygen atoms in total. The maximum Gasteiger partial charge on any atom is 0.128 e. The number of hydrogen-bond donors (Lipinski definition) is 2. The van der Waals surface area contributed by atoms with Gasteiger partial charge in [0, 0.05) is 11.3 Å². The van der Waals surface area contributed by atoms with Crippen LogP contribution in [-0.4, -0.2) is 5.11 Å². The first-order chi connectivity index (χ1) is 9.10. The van der Waals surface area contributed by atoms with Crippen LogP contribution >= 0.6 is 0 Å². The Morgan fingerprint density at radius 3 is 2.42 bits per heavy atom. The lowest BCUT2D eigenvalue weighted by Crippen LogP contribution is -2.09. The second-order valence-electron chi connectivity index (χ2n) is 4.39. The molecule has 0 amide bonds. The molecule has 0 fully saturated rings. The molecule has 2 N–H and O–H groups in total. The minimum atomic E-state index is -0.458. The summed E-state index contributed by atoms with van der Waals surface area (Å²) in [6, 6.07) is 10.2. The number of aliphatic hydroxyl groups is 1. The van der Waals surface area contributed by atoms with Gasteiger partial charge >= 0.3 is 0 Å². The van der Waals surface area contributed by atoms with Crippen LogP contribution in [0, 0.1) is 11.6 Å². The van der Waals surface area contributed by atoms with Gasteiger partial charge in [-0.05, 0) is 42.8 Å². The van der Waals surface area contributed by atoms with E-state index in [2.05, 4.69) is 5.32 Å². The summed E-state index contributed by atoms with van der Waals surface area (Å²) in [4.78, 5) is 0. The monoisotopic (exact) mass is 263 g/mol. The van der Waals surface area contributed by atoms with E-state index in [1.807, 2.05) is 0 Å². The van der Waals surface area contributed by atoms with Gasteiger partial charge in [0.15, 0.2) is 0 Å².